The van der Waals surface area contributed by atoms with Gasteiger partial charge in [-0.05, 0) is 40.8 Å². The van der Waals surface area contributed by atoms with E-state index in [4.69, 9.17) is 9.26 Å². The SMILES string of the molecule is CN(c1ccc(-c2ccc(N3C[C@H](COP(C)(=O)O)OC3=O)cc2F)cn1)c1nnnn1C. The molecule has 0 spiro atoms. The number of nitrogens with zero attached hydrogens (tertiary/aromatic N) is 7. The summed E-state index contributed by atoms with van der Waals surface area (Å²) in [5, 5.41) is 11.3. The third kappa shape index (κ3) is 5.00. The first kappa shape index (κ1) is 22.8. The Hall–Kier alpha value is -3.41. The van der Waals surface area contributed by atoms with E-state index in [0.29, 0.717) is 28.6 Å². The summed E-state index contributed by atoms with van der Waals surface area (Å²) in [7, 11) is -0.228. The highest BCUT2D eigenvalue weighted by atomic mass is 31.2. The molecule has 2 atom stereocenters. The van der Waals surface area contributed by atoms with Crippen LogP contribution in [0.1, 0.15) is 0 Å². The predicted molar refractivity (Wildman–Crippen MR) is 116 cm³/mol. The molecular formula is C19H21FN7O5P. The van der Waals surface area contributed by atoms with Gasteiger partial charge in [-0.2, -0.15) is 0 Å². The number of benzene rings is 1. The van der Waals surface area contributed by atoms with Crippen LogP contribution in [0.15, 0.2) is 36.5 Å². The highest BCUT2D eigenvalue weighted by molar-refractivity contribution is 7.51. The fourth-order valence-corrected chi connectivity index (χ4v) is 3.74. The summed E-state index contributed by atoms with van der Waals surface area (Å²) in [6, 6.07) is 7.79. The molecule has 2 aromatic heterocycles. The number of hydrogen-bond donors (Lipinski definition) is 1. The monoisotopic (exact) mass is 477 g/mol. The number of cyclic esters (lactones) is 1. The second-order valence-electron chi connectivity index (χ2n) is 7.45. The van der Waals surface area contributed by atoms with E-state index < -0.39 is 25.6 Å². The Morgan fingerprint density at radius 1 is 1.36 bits per heavy atom. The number of aromatic nitrogens is 5. The molecular weight excluding hydrogens is 456 g/mol. The maximum absolute atomic E-state index is 14.9. The minimum absolute atomic E-state index is 0.0666. The van der Waals surface area contributed by atoms with Gasteiger partial charge in [0.2, 0.25) is 0 Å². The van der Waals surface area contributed by atoms with Crippen LogP contribution in [-0.2, 0) is 20.9 Å². The molecule has 1 unspecified atom stereocenters. The number of anilines is 3. The number of aryl methyl sites for hydroxylation is 1. The predicted octanol–water partition coefficient (Wildman–Crippen LogP) is 2.34. The number of rotatable bonds is 7. The molecule has 3 heterocycles. The summed E-state index contributed by atoms with van der Waals surface area (Å²) in [5.74, 6) is 0.516. The molecule has 1 amide bonds. The van der Waals surface area contributed by atoms with E-state index in [1.54, 1.807) is 43.3 Å². The van der Waals surface area contributed by atoms with E-state index in [1.807, 2.05) is 0 Å². The molecule has 0 bridgehead atoms. The number of hydrogen-bond acceptors (Lipinski definition) is 9. The molecule has 1 aliphatic rings. The van der Waals surface area contributed by atoms with E-state index in [9.17, 15) is 18.6 Å². The third-order valence-corrected chi connectivity index (χ3v) is 5.57. The standard InChI is InChI=1S/C19H21FN7O5P/c1-25(18-22-23-24-26(18)2)17-7-4-12(9-21-17)15-6-5-13(8-16(15)20)27-10-14(32-19(27)28)11-31-33(3,29)30/h4-9,14H,10-11H2,1-3H3,(H,29,30)/t14-/m1/s1. The number of amides is 1. The number of pyridine rings is 1. The average Bonchev–Trinajstić information content (AvgIpc) is 3.36. The Balaban J connectivity index is 1.48. The quantitative estimate of drug-likeness (QED) is 0.505. The third-order valence-electron chi connectivity index (χ3n) is 4.94. The number of tetrazole rings is 1. The maximum atomic E-state index is 14.9. The molecule has 4 rings (SSSR count). The molecule has 0 saturated carbocycles. The van der Waals surface area contributed by atoms with Gasteiger partial charge < -0.3 is 14.2 Å². The second-order valence-corrected chi connectivity index (χ2v) is 9.31. The van der Waals surface area contributed by atoms with Crippen molar-refractivity contribution >= 4 is 31.1 Å². The molecule has 12 nitrogen and oxygen atoms in total. The molecule has 1 aliphatic heterocycles. The van der Waals surface area contributed by atoms with Gasteiger partial charge in [0.25, 0.3) is 5.95 Å². The molecule has 1 fully saturated rings. The van der Waals surface area contributed by atoms with E-state index >= 15 is 0 Å². The van der Waals surface area contributed by atoms with Crippen molar-refractivity contribution in [1.82, 2.24) is 25.2 Å². The van der Waals surface area contributed by atoms with Crippen molar-refractivity contribution < 1.29 is 27.9 Å². The molecule has 0 radical (unpaired) electrons. The summed E-state index contributed by atoms with van der Waals surface area (Å²) in [4.78, 5) is 28.7. The van der Waals surface area contributed by atoms with Gasteiger partial charge in [0.1, 0.15) is 17.7 Å². The zero-order valence-corrected chi connectivity index (χ0v) is 18.9. The fraction of sp³-hybridized carbons (Fsp3) is 0.316. The number of ether oxygens (including phenoxy) is 1. The first-order chi connectivity index (χ1) is 15.6. The van der Waals surface area contributed by atoms with Crippen molar-refractivity contribution in [1.29, 1.82) is 0 Å². The van der Waals surface area contributed by atoms with Crippen LogP contribution in [0.4, 0.5) is 26.6 Å². The lowest BCUT2D eigenvalue weighted by atomic mass is 10.1. The van der Waals surface area contributed by atoms with Crippen molar-refractivity contribution in [2.45, 2.75) is 6.10 Å². The average molecular weight is 477 g/mol. The summed E-state index contributed by atoms with van der Waals surface area (Å²) >= 11 is 0. The van der Waals surface area contributed by atoms with Gasteiger partial charge in [0, 0.05) is 38.1 Å². The normalized spacial score (nSPS) is 17.7. The van der Waals surface area contributed by atoms with Crippen LogP contribution in [0.2, 0.25) is 0 Å². The molecule has 1 aromatic carbocycles. The van der Waals surface area contributed by atoms with Crippen LogP contribution in [0, 0.1) is 5.82 Å². The lowest BCUT2D eigenvalue weighted by Crippen LogP contribution is -2.25. The lowest BCUT2D eigenvalue weighted by molar-refractivity contribution is 0.100. The van der Waals surface area contributed by atoms with Crippen LogP contribution in [0.3, 0.4) is 0 Å². The van der Waals surface area contributed by atoms with E-state index in [1.165, 1.54) is 21.8 Å². The Morgan fingerprint density at radius 2 is 2.15 bits per heavy atom. The van der Waals surface area contributed by atoms with E-state index in [-0.39, 0.29) is 13.2 Å². The molecule has 1 saturated heterocycles. The minimum atomic E-state index is -3.69. The Labute approximate surface area is 188 Å². The molecule has 1 N–H and O–H groups in total. The van der Waals surface area contributed by atoms with E-state index in [0.717, 1.165) is 6.66 Å². The van der Waals surface area contributed by atoms with Gasteiger partial charge in [-0.3, -0.25) is 14.4 Å². The zero-order chi connectivity index (χ0) is 23.8. The van der Waals surface area contributed by atoms with Crippen LogP contribution in [0.5, 0.6) is 0 Å². The number of halogens is 1. The van der Waals surface area contributed by atoms with E-state index in [2.05, 4.69) is 20.5 Å². The minimum Gasteiger partial charge on any atom is -0.441 e. The summed E-state index contributed by atoms with van der Waals surface area (Å²) < 4.78 is 37.6. The molecule has 3 aromatic rings. The van der Waals surface area contributed by atoms with Crippen molar-refractivity contribution in [2.75, 3.05) is 36.7 Å². The van der Waals surface area contributed by atoms with Crippen molar-refractivity contribution in [3.63, 3.8) is 0 Å². The molecule has 174 valence electrons. The van der Waals surface area contributed by atoms with Crippen LogP contribution in [-0.4, -0.2) is 69.1 Å². The van der Waals surface area contributed by atoms with Gasteiger partial charge in [-0.15, -0.1) is 0 Å². The smallest absolute Gasteiger partial charge is 0.414 e. The summed E-state index contributed by atoms with van der Waals surface area (Å²) in [6.45, 7) is 0.878. The topological polar surface area (TPSA) is 136 Å². The Kier molecular flexibility index (Phi) is 6.11. The Morgan fingerprint density at radius 3 is 2.76 bits per heavy atom. The van der Waals surface area contributed by atoms with Gasteiger partial charge in [-0.25, -0.2) is 18.9 Å². The molecule has 0 aliphatic carbocycles. The number of carbonyl (C=O) groups excluding carboxylic acids is 1. The van der Waals surface area contributed by atoms with Gasteiger partial charge in [0.15, 0.2) is 0 Å². The first-order valence-corrected chi connectivity index (χ1v) is 11.8. The fourth-order valence-electron chi connectivity index (χ4n) is 3.30. The van der Waals surface area contributed by atoms with Crippen LogP contribution < -0.4 is 9.80 Å². The highest BCUT2D eigenvalue weighted by Crippen LogP contribution is 2.37. The lowest BCUT2D eigenvalue weighted by Gasteiger charge is -2.16. The van der Waals surface area contributed by atoms with Gasteiger partial charge >= 0.3 is 13.7 Å². The van der Waals surface area contributed by atoms with Crippen molar-refractivity contribution in [2.24, 2.45) is 7.05 Å². The molecule has 33 heavy (non-hydrogen) atoms. The van der Waals surface area contributed by atoms with Crippen molar-refractivity contribution in [3.8, 4) is 11.1 Å². The summed E-state index contributed by atoms with van der Waals surface area (Å²) in [5.41, 5.74) is 1.15. The Bertz CT molecular complexity index is 1220. The largest absolute Gasteiger partial charge is 0.441 e. The maximum Gasteiger partial charge on any atom is 0.414 e. The number of carbonyl (C=O) groups is 1. The van der Waals surface area contributed by atoms with Gasteiger partial charge in [-0.1, -0.05) is 5.10 Å². The second kappa shape index (κ2) is 8.85. The highest BCUT2D eigenvalue weighted by Gasteiger charge is 2.34. The molecule has 14 heteroatoms. The van der Waals surface area contributed by atoms with Crippen LogP contribution >= 0.6 is 7.60 Å². The zero-order valence-electron chi connectivity index (χ0n) is 18.0. The first-order valence-electron chi connectivity index (χ1n) is 9.77. The summed E-state index contributed by atoms with van der Waals surface area (Å²) in [6.07, 6.45) is 0.105. The van der Waals surface area contributed by atoms with Gasteiger partial charge in [0.05, 0.1) is 18.8 Å². The van der Waals surface area contributed by atoms with Crippen LogP contribution in [0.25, 0.3) is 11.1 Å². The van der Waals surface area contributed by atoms with Crippen molar-refractivity contribution in [3.05, 3.63) is 42.3 Å².